The summed E-state index contributed by atoms with van der Waals surface area (Å²) in [5.41, 5.74) is 3.95. The van der Waals surface area contributed by atoms with Gasteiger partial charge in [-0.15, -0.1) is 0 Å². The highest BCUT2D eigenvalue weighted by Crippen LogP contribution is 2.43. The van der Waals surface area contributed by atoms with E-state index in [0.717, 1.165) is 33.7 Å². The van der Waals surface area contributed by atoms with Gasteiger partial charge in [-0.05, 0) is 60.5 Å². The molecule has 2 heterocycles. The predicted molar refractivity (Wildman–Crippen MR) is 169 cm³/mol. The van der Waals surface area contributed by atoms with Gasteiger partial charge in [-0.1, -0.05) is 78.0 Å². The minimum absolute atomic E-state index is 0.132. The van der Waals surface area contributed by atoms with Crippen molar-refractivity contribution in [3.8, 4) is 0 Å². The van der Waals surface area contributed by atoms with Crippen LogP contribution in [-0.2, 0) is 17.5 Å². The molecular weight excluding hydrogens is 583 g/mol. The predicted octanol–water partition coefficient (Wildman–Crippen LogP) is 7.66. The van der Waals surface area contributed by atoms with Crippen LogP contribution < -0.4 is 9.80 Å². The fourth-order valence-electron chi connectivity index (χ4n) is 5.52. The second-order valence-corrected chi connectivity index (χ2v) is 12.0. The third-order valence-corrected chi connectivity index (χ3v) is 8.88. The number of carbonyl (C=O) groups excluding carboxylic acids is 2. The molecule has 0 N–H and O–H groups in total. The van der Waals surface area contributed by atoms with Crippen LogP contribution in [0, 0.1) is 6.92 Å². The topological polar surface area (TPSA) is 43.9 Å². The number of aryl methyl sites for hydroxylation is 1. The van der Waals surface area contributed by atoms with E-state index in [1.54, 1.807) is 28.0 Å². The molecule has 1 fully saturated rings. The van der Waals surface area contributed by atoms with E-state index in [1.165, 1.54) is 17.8 Å². The Morgan fingerprint density at radius 1 is 0.864 bits per heavy atom. The molecule has 2 aliphatic heterocycles. The fourth-order valence-corrected chi connectivity index (χ4v) is 6.56. The lowest BCUT2D eigenvalue weighted by molar-refractivity contribution is -0.137. The van der Waals surface area contributed by atoms with Crippen molar-refractivity contribution in [2.45, 2.75) is 24.5 Å². The van der Waals surface area contributed by atoms with Gasteiger partial charge in [0, 0.05) is 42.3 Å². The Labute approximate surface area is 258 Å². The summed E-state index contributed by atoms with van der Waals surface area (Å²) in [7, 11) is 0. The summed E-state index contributed by atoms with van der Waals surface area (Å²) >= 11 is 1.39. The van der Waals surface area contributed by atoms with Crippen molar-refractivity contribution < 1.29 is 22.8 Å². The number of thioether (sulfide) groups is 1. The van der Waals surface area contributed by atoms with Gasteiger partial charge in [0.05, 0.1) is 22.7 Å². The summed E-state index contributed by atoms with van der Waals surface area (Å²) < 4.78 is 39.7. The molecule has 0 aliphatic carbocycles. The number of piperazine rings is 1. The van der Waals surface area contributed by atoms with Gasteiger partial charge in [0.2, 0.25) is 0 Å². The molecule has 4 aromatic rings. The van der Waals surface area contributed by atoms with E-state index in [9.17, 15) is 22.8 Å². The number of nitrogens with zero attached hydrogens (tertiary/aromatic N) is 3. The lowest BCUT2D eigenvalue weighted by Crippen LogP contribution is -2.48. The average molecular weight is 614 g/mol. The van der Waals surface area contributed by atoms with Gasteiger partial charge < -0.3 is 14.7 Å². The highest BCUT2D eigenvalue weighted by atomic mass is 32.2. The Morgan fingerprint density at radius 3 is 2.34 bits per heavy atom. The molecule has 5 nitrogen and oxygen atoms in total. The lowest BCUT2D eigenvalue weighted by atomic mass is 10.1. The van der Waals surface area contributed by atoms with Crippen molar-refractivity contribution in [2.75, 3.05) is 36.0 Å². The maximum Gasteiger partial charge on any atom is 0.416 e. The zero-order valence-corrected chi connectivity index (χ0v) is 24.9. The first-order valence-corrected chi connectivity index (χ1v) is 15.1. The van der Waals surface area contributed by atoms with Crippen molar-refractivity contribution in [1.29, 1.82) is 0 Å². The lowest BCUT2D eigenvalue weighted by Gasteiger charge is -2.36. The van der Waals surface area contributed by atoms with Gasteiger partial charge in [0.1, 0.15) is 0 Å². The van der Waals surface area contributed by atoms with Crippen molar-refractivity contribution in [3.63, 3.8) is 0 Å². The molecular formula is C35H30F3N3O2S. The summed E-state index contributed by atoms with van der Waals surface area (Å²) in [4.78, 5) is 34.3. The number of fused-ring (bicyclic) bond motifs is 1. The molecule has 9 heteroatoms. The van der Waals surface area contributed by atoms with Crippen LogP contribution in [0.25, 0.3) is 6.08 Å². The normalized spacial score (nSPS) is 16.3. The summed E-state index contributed by atoms with van der Waals surface area (Å²) in [5.74, 6) is -0.303. The quantitative estimate of drug-likeness (QED) is 0.217. The van der Waals surface area contributed by atoms with E-state index < -0.39 is 11.7 Å². The first-order chi connectivity index (χ1) is 21.2. The number of anilines is 2. The zero-order valence-electron chi connectivity index (χ0n) is 24.1. The molecule has 2 aliphatic rings. The molecule has 0 radical (unpaired) electrons. The maximum absolute atomic E-state index is 13.9. The third-order valence-electron chi connectivity index (χ3n) is 7.80. The van der Waals surface area contributed by atoms with Crippen LogP contribution in [0.4, 0.5) is 24.5 Å². The molecule has 224 valence electrons. The number of hydrogen-bond acceptors (Lipinski definition) is 4. The summed E-state index contributed by atoms with van der Waals surface area (Å²) in [6.07, 6.45) is -2.52. The average Bonchev–Trinajstić information content (AvgIpc) is 3.03. The Morgan fingerprint density at radius 2 is 1.61 bits per heavy atom. The van der Waals surface area contributed by atoms with Gasteiger partial charge in [-0.3, -0.25) is 9.59 Å². The molecule has 0 unspecified atom stereocenters. The van der Waals surface area contributed by atoms with Gasteiger partial charge in [-0.25, -0.2) is 0 Å². The largest absolute Gasteiger partial charge is 0.416 e. The van der Waals surface area contributed by atoms with Gasteiger partial charge >= 0.3 is 6.18 Å². The maximum atomic E-state index is 13.9. The summed E-state index contributed by atoms with van der Waals surface area (Å²) in [6.45, 7) is 3.94. The molecule has 2 amide bonds. The molecule has 4 aromatic carbocycles. The van der Waals surface area contributed by atoms with Crippen molar-refractivity contribution in [3.05, 3.63) is 130 Å². The van der Waals surface area contributed by atoms with Gasteiger partial charge in [0.25, 0.3) is 11.8 Å². The number of hydrogen-bond donors (Lipinski definition) is 0. The Hall–Kier alpha value is -4.50. The molecule has 0 bridgehead atoms. The van der Waals surface area contributed by atoms with Gasteiger partial charge in [-0.2, -0.15) is 13.2 Å². The molecule has 0 saturated carbocycles. The second-order valence-electron chi connectivity index (χ2n) is 10.9. The van der Waals surface area contributed by atoms with Crippen LogP contribution in [0.3, 0.4) is 0 Å². The highest BCUT2D eigenvalue weighted by Gasteiger charge is 2.33. The van der Waals surface area contributed by atoms with Gasteiger partial charge in [0.15, 0.2) is 0 Å². The zero-order chi connectivity index (χ0) is 30.8. The number of alkyl halides is 3. The van der Waals surface area contributed by atoms with E-state index in [4.69, 9.17) is 0 Å². The molecule has 6 rings (SSSR count). The minimum atomic E-state index is -4.41. The standard InChI is InChI=1S/C35H30F3N3O2S/c1-24-7-5-10-26(19-24)23-41-30-21-27(13-14-31(30)44-32(34(41)43)20-25-8-3-2-4-9-25)33(42)40-17-15-39(16-18-40)29-12-6-11-28(22-29)35(36,37)38/h2-14,19-22H,15-18,23H2,1H3. The van der Waals surface area contributed by atoms with E-state index in [2.05, 4.69) is 0 Å². The number of carbonyl (C=O) groups is 2. The molecule has 0 spiro atoms. The third kappa shape index (κ3) is 6.38. The van der Waals surface area contributed by atoms with Crippen LogP contribution in [0.15, 0.2) is 107 Å². The number of benzene rings is 4. The smallest absolute Gasteiger partial charge is 0.368 e. The Kier molecular flexibility index (Phi) is 8.23. The Bertz CT molecular complexity index is 1730. The number of halogens is 3. The van der Waals surface area contributed by atoms with E-state index >= 15 is 0 Å². The van der Waals surface area contributed by atoms with Crippen molar-refractivity contribution in [2.24, 2.45) is 0 Å². The molecule has 1 saturated heterocycles. The van der Waals surface area contributed by atoms with Crippen LogP contribution >= 0.6 is 11.8 Å². The molecule has 0 aromatic heterocycles. The molecule has 44 heavy (non-hydrogen) atoms. The van der Waals surface area contributed by atoms with Crippen LogP contribution in [0.2, 0.25) is 0 Å². The summed E-state index contributed by atoms with van der Waals surface area (Å²) in [5, 5.41) is 0. The SMILES string of the molecule is Cc1cccc(CN2C(=O)C(=Cc3ccccc3)Sc3ccc(C(=O)N4CCN(c5cccc(C(F)(F)F)c5)CC4)cc32)c1. The first-order valence-electron chi connectivity index (χ1n) is 14.3. The monoisotopic (exact) mass is 613 g/mol. The minimum Gasteiger partial charge on any atom is -0.368 e. The van der Waals surface area contributed by atoms with Crippen LogP contribution in [0.5, 0.6) is 0 Å². The van der Waals surface area contributed by atoms with E-state index in [1.807, 2.05) is 78.6 Å². The Balaban J connectivity index is 1.24. The molecule has 0 atom stereocenters. The van der Waals surface area contributed by atoms with Crippen LogP contribution in [0.1, 0.15) is 32.6 Å². The van der Waals surface area contributed by atoms with E-state index in [0.29, 0.717) is 54.6 Å². The fraction of sp³-hybridized carbons (Fsp3) is 0.200. The second kappa shape index (κ2) is 12.2. The highest BCUT2D eigenvalue weighted by molar-refractivity contribution is 8.04. The van der Waals surface area contributed by atoms with Crippen molar-refractivity contribution >= 4 is 41.0 Å². The van der Waals surface area contributed by atoms with Crippen LogP contribution in [-0.4, -0.2) is 42.9 Å². The number of amides is 2. The van der Waals surface area contributed by atoms with E-state index in [-0.39, 0.29) is 11.8 Å². The number of rotatable bonds is 5. The first kappa shape index (κ1) is 29.6. The van der Waals surface area contributed by atoms with Crippen molar-refractivity contribution in [1.82, 2.24) is 4.90 Å². The summed E-state index contributed by atoms with van der Waals surface area (Å²) in [6, 6.07) is 28.5.